The van der Waals surface area contributed by atoms with Crippen molar-refractivity contribution in [2.45, 2.75) is 6.42 Å². The van der Waals surface area contributed by atoms with Gasteiger partial charge in [0.1, 0.15) is 17.2 Å². The Balaban J connectivity index is 2.01. The van der Waals surface area contributed by atoms with E-state index in [0.717, 1.165) is 17.8 Å². The number of hydrogen-bond donors (Lipinski definition) is 1. The Kier molecular flexibility index (Phi) is 4.49. The van der Waals surface area contributed by atoms with Crippen LogP contribution in [0.3, 0.4) is 0 Å². The molecule has 0 aliphatic rings. The lowest BCUT2D eigenvalue weighted by molar-refractivity contribution is 0.0945. The van der Waals surface area contributed by atoms with Gasteiger partial charge in [0.15, 0.2) is 0 Å². The van der Waals surface area contributed by atoms with Crippen molar-refractivity contribution >= 4 is 21.8 Å². The second kappa shape index (κ2) is 6.13. The maximum Gasteiger partial charge on any atom is 0.257 e. The number of carbonyl (C=O) groups excluding carboxylic acids is 1. The van der Waals surface area contributed by atoms with E-state index in [-0.39, 0.29) is 11.0 Å². The molecule has 1 amide bonds. The molecule has 0 radical (unpaired) electrons. The average Bonchev–Trinajstić information content (AvgIpc) is 2.74. The molecule has 0 unspecified atom stereocenters. The minimum absolute atomic E-state index is 0.249. The van der Waals surface area contributed by atoms with Crippen LogP contribution in [0.2, 0.25) is 0 Å². The summed E-state index contributed by atoms with van der Waals surface area (Å²) >= 11 is 2.96. The van der Waals surface area contributed by atoms with E-state index in [9.17, 15) is 13.6 Å². The number of carbonyl (C=O) groups is 1. The minimum atomic E-state index is -0.894. The molecule has 0 fully saturated rings. The quantitative estimate of drug-likeness (QED) is 0.926. The molecule has 1 N–H and O–H groups in total. The summed E-state index contributed by atoms with van der Waals surface area (Å²) in [6.45, 7) is 0.271. The largest absolute Gasteiger partial charge is 0.351 e. The summed E-state index contributed by atoms with van der Waals surface area (Å²) in [6, 6.07) is 3.92. The van der Waals surface area contributed by atoms with Crippen LogP contribution in [0.15, 0.2) is 28.9 Å². The van der Waals surface area contributed by atoms with Gasteiger partial charge in [0.2, 0.25) is 0 Å². The SMILES string of the molecule is Cn1nccc1CCNC(=O)c1c(F)cc(Br)cc1F. The zero-order chi connectivity index (χ0) is 14.7. The fraction of sp³-hybridized carbons (Fsp3) is 0.231. The Morgan fingerprint density at radius 1 is 1.40 bits per heavy atom. The highest BCUT2D eigenvalue weighted by Gasteiger charge is 2.18. The number of aryl methyl sites for hydroxylation is 1. The number of benzene rings is 1. The normalized spacial score (nSPS) is 10.6. The van der Waals surface area contributed by atoms with Crippen molar-refractivity contribution in [3.63, 3.8) is 0 Å². The van der Waals surface area contributed by atoms with E-state index in [2.05, 4.69) is 26.3 Å². The van der Waals surface area contributed by atoms with Crippen molar-refractivity contribution in [2.24, 2.45) is 7.05 Å². The van der Waals surface area contributed by atoms with Crippen LogP contribution in [0.1, 0.15) is 16.1 Å². The van der Waals surface area contributed by atoms with Gasteiger partial charge in [-0.3, -0.25) is 9.48 Å². The highest BCUT2D eigenvalue weighted by molar-refractivity contribution is 9.10. The molecular weight excluding hydrogens is 332 g/mol. The first kappa shape index (κ1) is 14.6. The smallest absolute Gasteiger partial charge is 0.257 e. The fourth-order valence-corrected chi connectivity index (χ4v) is 2.20. The summed E-state index contributed by atoms with van der Waals surface area (Å²) in [5.41, 5.74) is 0.347. The molecule has 0 bridgehead atoms. The number of hydrogen-bond acceptors (Lipinski definition) is 2. The predicted octanol–water partition coefficient (Wildman–Crippen LogP) is 2.43. The van der Waals surface area contributed by atoms with Crippen LogP contribution in [0.4, 0.5) is 8.78 Å². The van der Waals surface area contributed by atoms with Crippen LogP contribution in [0.5, 0.6) is 0 Å². The number of rotatable bonds is 4. The molecule has 0 aliphatic carbocycles. The van der Waals surface area contributed by atoms with Crippen LogP contribution in [-0.4, -0.2) is 22.2 Å². The maximum atomic E-state index is 13.6. The summed E-state index contributed by atoms with van der Waals surface area (Å²) in [4.78, 5) is 11.8. The summed E-state index contributed by atoms with van der Waals surface area (Å²) in [6.07, 6.45) is 2.17. The van der Waals surface area contributed by atoms with Crippen molar-refractivity contribution in [2.75, 3.05) is 6.54 Å². The second-order valence-electron chi connectivity index (χ2n) is 4.20. The lowest BCUT2D eigenvalue weighted by Gasteiger charge is -2.08. The number of aromatic nitrogens is 2. The standard InChI is InChI=1S/C13H12BrF2N3O/c1-19-9(3-5-18-19)2-4-17-13(20)12-10(15)6-8(14)7-11(12)16/h3,5-7H,2,4H2,1H3,(H,17,20). The molecule has 2 aromatic rings. The summed E-state index contributed by atoms with van der Waals surface area (Å²) in [5, 5.41) is 6.48. The Morgan fingerprint density at radius 3 is 2.60 bits per heavy atom. The molecule has 1 aromatic heterocycles. The van der Waals surface area contributed by atoms with Gasteiger partial charge in [-0.15, -0.1) is 0 Å². The zero-order valence-electron chi connectivity index (χ0n) is 10.7. The topological polar surface area (TPSA) is 46.9 Å². The third-order valence-electron chi connectivity index (χ3n) is 2.82. The molecule has 0 saturated heterocycles. The van der Waals surface area contributed by atoms with Gasteiger partial charge >= 0.3 is 0 Å². The predicted molar refractivity (Wildman–Crippen MR) is 73.3 cm³/mol. The molecule has 0 aliphatic heterocycles. The van der Waals surface area contributed by atoms with E-state index < -0.39 is 23.1 Å². The lowest BCUT2D eigenvalue weighted by atomic mass is 10.2. The Labute approximate surface area is 122 Å². The van der Waals surface area contributed by atoms with E-state index in [0.29, 0.717) is 6.42 Å². The third kappa shape index (κ3) is 3.22. The van der Waals surface area contributed by atoms with Crippen LogP contribution in [0, 0.1) is 11.6 Å². The molecule has 4 nitrogen and oxygen atoms in total. The molecule has 1 heterocycles. The van der Waals surface area contributed by atoms with Crippen molar-refractivity contribution in [3.05, 3.63) is 51.8 Å². The van der Waals surface area contributed by atoms with E-state index in [1.807, 2.05) is 6.07 Å². The van der Waals surface area contributed by atoms with Crippen LogP contribution < -0.4 is 5.32 Å². The van der Waals surface area contributed by atoms with Crippen molar-refractivity contribution < 1.29 is 13.6 Å². The zero-order valence-corrected chi connectivity index (χ0v) is 12.2. The van der Waals surface area contributed by atoms with E-state index in [1.165, 1.54) is 0 Å². The molecular formula is C13H12BrF2N3O. The molecule has 20 heavy (non-hydrogen) atoms. The van der Waals surface area contributed by atoms with Gasteiger partial charge in [0.25, 0.3) is 5.91 Å². The lowest BCUT2D eigenvalue weighted by Crippen LogP contribution is -2.28. The Bertz CT molecular complexity index is 619. The van der Waals surface area contributed by atoms with Crippen molar-refractivity contribution in [3.8, 4) is 0 Å². The highest BCUT2D eigenvalue weighted by Crippen LogP contribution is 2.19. The molecule has 106 valence electrons. The maximum absolute atomic E-state index is 13.6. The fourth-order valence-electron chi connectivity index (χ4n) is 1.80. The molecule has 7 heteroatoms. The van der Waals surface area contributed by atoms with Gasteiger partial charge < -0.3 is 5.32 Å². The minimum Gasteiger partial charge on any atom is -0.351 e. The Hall–Kier alpha value is -1.76. The van der Waals surface area contributed by atoms with E-state index in [1.54, 1.807) is 17.9 Å². The number of halogens is 3. The van der Waals surface area contributed by atoms with Crippen LogP contribution >= 0.6 is 15.9 Å². The van der Waals surface area contributed by atoms with Crippen LogP contribution in [0.25, 0.3) is 0 Å². The van der Waals surface area contributed by atoms with Gasteiger partial charge in [-0.2, -0.15) is 5.10 Å². The summed E-state index contributed by atoms with van der Waals surface area (Å²) in [5.74, 6) is -2.56. The summed E-state index contributed by atoms with van der Waals surface area (Å²) < 4.78 is 29.1. The Morgan fingerprint density at radius 2 is 2.05 bits per heavy atom. The van der Waals surface area contributed by atoms with Crippen molar-refractivity contribution in [1.82, 2.24) is 15.1 Å². The van der Waals surface area contributed by atoms with Gasteiger partial charge in [-0.05, 0) is 18.2 Å². The van der Waals surface area contributed by atoms with Crippen molar-refractivity contribution in [1.29, 1.82) is 0 Å². The molecule has 1 aromatic carbocycles. The molecule has 0 atom stereocenters. The second-order valence-corrected chi connectivity index (χ2v) is 5.11. The van der Waals surface area contributed by atoms with E-state index >= 15 is 0 Å². The van der Waals surface area contributed by atoms with Gasteiger partial charge in [0.05, 0.1) is 0 Å². The van der Waals surface area contributed by atoms with Gasteiger partial charge in [0, 0.05) is 36.4 Å². The number of amides is 1. The van der Waals surface area contributed by atoms with E-state index in [4.69, 9.17) is 0 Å². The highest BCUT2D eigenvalue weighted by atomic mass is 79.9. The average molecular weight is 344 g/mol. The number of nitrogens with one attached hydrogen (secondary N) is 1. The summed E-state index contributed by atoms with van der Waals surface area (Å²) in [7, 11) is 1.78. The van der Waals surface area contributed by atoms with Gasteiger partial charge in [-0.1, -0.05) is 15.9 Å². The van der Waals surface area contributed by atoms with Gasteiger partial charge in [-0.25, -0.2) is 8.78 Å². The monoisotopic (exact) mass is 343 g/mol. The first-order chi connectivity index (χ1) is 9.49. The third-order valence-corrected chi connectivity index (χ3v) is 3.28. The molecule has 0 saturated carbocycles. The molecule has 0 spiro atoms. The molecule has 2 rings (SSSR count). The van der Waals surface area contributed by atoms with Crippen LogP contribution in [-0.2, 0) is 13.5 Å². The first-order valence-corrected chi connectivity index (χ1v) is 6.68. The number of nitrogens with zero attached hydrogens (tertiary/aromatic N) is 2. The first-order valence-electron chi connectivity index (χ1n) is 5.88.